The van der Waals surface area contributed by atoms with Crippen molar-refractivity contribution in [3.05, 3.63) is 74.8 Å². The van der Waals surface area contributed by atoms with E-state index in [0.29, 0.717) is 10.6 Å². The first kappa shape index (κ1) is 23.3. The molecule has 2 aromatic carbocycles. The number of para-hydroxylation sites is 1. The van der Waals surface area contributed by atoms with Crippen LogP contribution in [0, 0.1) is 10.1 Å². The maximum absolute atomic E-state index is 13.2. The van der Waals surface area contributed by atoms with Crippen molar-refractivity contribution in [2.24, 2.45) is 0 Å². The minimum Gasteiger partial charge on any atom is -0.350 e. The number of halogens is 1. The zero-order valence-electron chi connectivity index (χ0n) is 17.5. The van der Waals surface area contributed by atoms with Crippen LogP contribution in [-0.4, -0.2) is 33.2 Å². The van der Waals surface area contributed by atoms with Crippen LogP contribution < -0.4 is 5.32 Å². The molecule has 2 amide bonds. The number of hydrogen-bond donors (Lipinski definition) is 1. The van der Waals surface area contributed by atoms with Gasteiger partial charge in [-0.3, -0.25) is 19.7 Å². The first-order valence-electron chi connectivity index (χ1n) is 9.56. The number of amides is 2. The molecule has 0 heterocycles. The minimum atomic E-state index is -0.768. The van der Waals surface area contributed by atoms with Crippen molar-refractivity contribution in [2.45, 2.75) is 52.2 Å². The van der Waals surface area contributed by atoms with E-state index in [9.17, 15) is 19.7 Å². The summed E-state index contributed by atoms with van der Waals surface area (Å²) in [6.07, 6.45) is -0.183. The van der Waals surface area contributed by atoms with Crippen molar-refractivity contribution in [3.8, 4) is 0 Å². The van der Waals surface area contributed by atoms with Gasteiger partial charge in [0, 0.05) is 28.7 Å². The molecule has 2 rings (SSSR count). The van der Waals surface area contributed by atoms with Crippen LogP contribution in [0.1, 0.15) is 38.8 Å². The summed E-state index contributed by atoms with van der Waals surface area (Å²) in [6, 6.07) is 12.3. The summed E-state index contributed by atoms with van der Waals surface area (Å²) in [4.78, 5) is 38.1. The van der Waals surface area contributed by atoms with Crippen LogP contribution >= 0.6 is 11.6 Å². The first-order valence-corrected chi connectivity index (χ1v) is 9.94. The van der Waals surface area contributed by atoms with Crippen LogP contribution in [0.2, 0.25) is 5.02 Å². The van der Waals surface area contributed by atoms with Gasteiger partial charge in [0.2, 0.25) is 11.8 Å². The second kappa shape index (κ2) is 9.71. The molecular formula is C22H26ClN3O4. The fraction of sp³-hybridized carbons (Fsp3) is 0.364. The Morgan fingerprint density at radius 1 is 1.13 bits per heavy atom. The van der Waals surface area contributed by atoms with E-state index in [1.54, 1.807) is 49.4 Å². The van der Waals surface area contributed by atoms with E-state index >= 15 is 0 Å². The zero-order chi connectivity index (χ0) is 22.5. The molecule has 8 heteroatoms. The summed E-state index contributed by atoms with van der Waals surface area (Å²) in [5, 5.41) is 14.7. The fourth-order valence-electron chi connectivity index (χ4n) is 2.95. The Morgan fingerprint density at radius 2 is 1.73 bits per heavy atom. The summed E-state index contributed by atoms with van der Waals surface area (Å²) in [5.74, 6) is -0.678. The van der Waals surface area contributed by atoms with Gasteiger partial charge in [-0.05, 0) is 45.4 Å². The number of carbonyl (C=O) groups is 2. The molecule has 0 saturated carbocycles. The second-order valence-electron chi connectivity index (χ2n) is 8.13. The van der Waals surface area contributed by atoms with Gasteiger partial charge >= 0.3 is 0 Å². The fourth-order valence-corrected chi connectivity index (χ4v) is 3.07. The van der Waals surface area contributed by atoms with E-state index in [4.69, 9.17) is 11.6 Å². The summed E-state index contributed by atoms with van der Waals surface area (Å²) in [7, 11) is 0. The van der Waals surface area contributed by atoms with Crippen molar-refractivity contribution in [2.75, 3.05) is 0 Å². The number of carbonyl (C=O) groups excluding carboxylic acids is 2. The van der Waals surface area contributed by atoms with Crippen molar-refractivity contribution >= 4 is 29.1 Å². The molecule has 0 aliphatic carbocycles. The third kappa shape index (κ3) is 6.56. The number of hydrogen-bond acceptors (Lipinski definition) is 4. The van der Waals surface area contributed by atoms with Crippen LogP contribution in [0.3, 0.4) is 0 Å². The van der Waals surface area contributed by atoms with Crippen LogP contribution in [0.25, 0.3) is 0 Å². The van der Waals surface area contributed by atoms with E-state index in [1.807, 2.05) is 20.8 Å². The van der Waals surface area contributed by atoms with Crippen molar-refractivity contribution < 1.29 is 14.5 Å². The standard InChI is InChI=1S/C22H26ClN3O4/c1-15(21(28)24-22(2,3)4)25(14-16-9-11-18(23)12-10-16)20(27)13-17-7-5-6-8-19(17)26(29)30/h5-12,15H,13-14H2,1-4H3,(H,24,28). The van der Waals surface area contributed by atoms with Gasteiger partial charge in [-0.1, -0.05) is 41.9 Å². The lowest BCUT2D eigenvalue weighted by atomic mass is 10.1. The van der Waals surface area contributed by atoms with Gasteiger partial charge in [0.15, 0.2) is 0 Å². The normalized spacial score (nSPS) is 12.2. The highest BCUT2D eigenvalue weighted by molar-refractivity contribution is 6.30. The summed E-state index contributed by atoms with van der Waals surface area (Å²) >= 11 is 5.94. The average molecular weight is 432 g/mol. The molecule has 0 aliphatic rings. The summed E-state index contributed by atoms with van der Waals surface area (Å²) in [5.41, 5.74) is 0.519. The highest BCUT2D eigenvalue weighted by Crippen LogP contribution is 2.21. The average Bonchev–Trinajstić information content (AvgIpc) is 2.65. The van der Waals surface area contributed by atoms with Gasteiger partial charge in [-0.25, -0.2) is 0 Å². The van der Waals surface area contributed by atoms with E-state index in [0.717, 1.165) is 5.56 Å². The van der Waals surface area contributed by atoms with E-state index in [2.05, 4.69) is 5.32 Å². The highest BCUT2D eigenvalue weighted by Gasteiger charge is 2.29. The Kier molecular flexibility index (Phi) is 7.56. The largest absolute Gasteiger partial charge is 0.350 e. The SMILES string of the molecule is CC(C(=O)NC(C)(C)C)N(Cc1ccc(Cl)cc1)C(=O)Cc1ccccc1[N+](=O)[O-]. The second-order valence-corrected chi connectivity index (χ2v) is 8.56. The predicted octanol–water partition coefficient (Wildman–Crippen LogP) is 4.12. The van der Waals surface area contributed by atoms with Crippen LogP contribution in [-0.2, 0) is 22.6 Å². The Hall–Kier alpha value is -2.93. The number of nitro benzene ring substituents is 1. The molecule has 30 heavy (non-hydrogen) atoms. The molecule has 1 unspecified atom stereocenters. The molecule has 0 aliphatic heterocycles. The molecule has 0 radical (unpaired) electrons. The number of nitro groups is 1. The number of nitrogens with one attached hydrogen (secondary N) is 1. The van der Waals surface area contributed by atoms with E-state index in [1.165, 1.54) is 11.0 Å². The van der Waals surface area contributed by atoms with Gasteiger partial charge in [0.25, 0.3) is 5.69 Å². The molecule has 0 saturated heterocycles. The quantitative estimate of drug-likeness (QED) is 0.527. The lowest BCUT2D eigenvalue weighted by molar-refractivity contribution is -0.385. The van der Waals surface area contributed by atoms with Crippen LogP contribution in [0.4, 0.5) is 5.69 Å². The number of benzene rings is 2. The maximum Gasteiger partial charge on any atom is 0.273 e. The van der Waals surface area contributed by atoms with Crippen LogP contribution in [0.5, 0.6) is 0 Å². The van der Waals surface area contributed by atoms with Gasteiger partial charge in [-0.15, -0.1) is 0 Å². The molecule has 0 fully saturated rings. The first-order chi connectivity index (χ1) is 14.0. The molecule has 0 spiro atoms. The molecule has 160 valence electrons. The Bertz CT molecular complexity index is 923. The topological polar surface area (TPSA) is 92.6 Å². The van der Waals surface area contributed by atoms with Gasteiger partial charge in [-0.2, -0.15) is 0 Å². The molecule has 1 atom stereocenters. The van der Waals surface area contributed by atoms with E-state index < -0.39 is 16.5 Å². The molecule has 2 aromatic rings. The molecule has 1 N–H and O–H groups in total. The maximum atomic E-state index is 13.2. The van der Waals surface area contributed by atoms with Gasteiger partial charge in [0.05, 0.1) is 11.3 Å². The number of rotatable bonds is 7. The molecule has 0 aromatic heterocycles. The van der Waals surface area contributed by atoms with Crippen molar-refractivity contribution in [3.63, 3.8) is 0 Å². The minimum absolute atomic E-state index is 0.121. The zero-order valence-corrected chi connectivity index (χ0v) is 18.3. The highest BCUT2D eigenvalue weighted by atomic mass is 35.5. The van der Waals surface area contributed by atoms with E-state index in [-0.39, 0.29) is 30.5 Å². The lowest BCUT2D eigenvalue weighted by Gasteiger charge is -2.31. The molecule has 0 bridgehead atoms. The molecular weight excluding hydrogens is 406 g/mol. The predicted molar refractivity (Wildman–Crippen MR) is 116 cm³/mol. The Balaban J connectivity index is 2.32. The smallest absolute Gasteiger partial charge is 0.273 e. The lowest BCUT2D eigenvalue weighted by Crippen LogP contribution is -2.52. The third-order valence-electron chi connectivity index (χ3n) is 4.46. The number of nitrogens with zero attached hydrogens (tertiary/aromatic N) is 2. The third-order valence-corrected chi connectivity index (χ3v) is 4.71. The van der Waals surface area contributed by atoms with Crippen LogP contribution in [0.15, 0.2) is 48.5 Å². The van der Waals surface area contributed by atoms with Crippen molar-refractivity contribution in [1.82, 2.24) is 10.2 Å². The monoisotopic (exact) mass is 431 g/mol. The Labute approximate surface area is 181 Å². The molecule has 7 nitrogen and oxygen atoms in total. The van der Waals surface area contributed by atoms with Gasteiger partial charge < -0.3 is 10.2 Å². The summed E-state index contributed by atoms with van der Waals surface area (Å²) < 4.78 is 0. The Morgan fingerprint density at radius 3 is 2.30 bits per heavy atom. The van der Waals surface area contributed by atoms with Crippen molar-refractivity contribution in [1.29, 1.82) is 0 Å². The van der Waals surface area contributed by atoms with Gasteiger partial charge in [0.1, 0.15) is 6.04 Å². The summed E-state index contributed by atoms with van der Waals surface area (Å²) in [6.45, 7) is 7.40.